The van der Waals surface area contributed by atoms with E-state index in [0.717, 1.165) is 25.7 Å². The Balaban J connectivity index is 2.06. The Morgan fingerprint density at radius 1 is 0.929 bits per heavy atom. The van der Waals surface area contributed by atoms with Gasteiger partial charge in [-0.25, -0.2) is 0 Å². The summed E-state index contributed by atoms with van der Waals surface area (Å²) in [6.45, 7) is 0.572. The second kappa shape index (κ2) is 13.3. The number of hydrogen-bond acceptors (Lipinski definition) is 3. The van der Waals surface area contributed by atoms with Crippen molar-refractivity contribution in [1.82, 2.24) is 5.32 Å². The van der Waals surface area contributed by atoms with Crippen LogP contribution in [-0.4, -0.2) is 50.1 Å². The lowest BCUT2D eigenvalue weighted by atomic mass is 10.0. The summed E-state index contributed by atoms with van der Waals surface area (Å²) >= 11 is 0. The molecule has 0 aliphatic carbocycles. The Morgan fingerprint density at radius 2 is 1.50 bits per heavy atom. The number of rotatable bonds is 15. The topological polar surface area (TPSA) is 69.2 Å². The van der Waals surface area contributed by atoms with Gasteiger partial charge >= 0.3 is 0 Å². The maximum absolute atomic E-state index is 12.1. The molecule has 0 bridgehead atoms. The molecule has 0 aliphatic rings. The van der Waals surface area contributed by atoms with Crippen molar-refractivity contribution in [3.63, 3.8) is 0 Å². The summed E-state index contributed by atoms with van der Waals surface area (Å²) in [5, 5.41) is 13.8. The summed E-state index contributed by atoms with van der Waals surface area (Å²) in [6.07, 6.45) is 9.50. The Labute approximate surface area is 170 Å². The molecule has 1 rings (SSSR count). The molecular formula is C23H38N2O3. The number of aliphatic carboxylic acids is 1. The number of nitrogens with one attached hydrogen (secondary N) is 1. The van der Waals surface area contributed by atoms with Crippen molar-refractivity contribution in [3.8, 4) is 0 Å². The Morgan fingerprint density at radius 3 is 2.07 bits per heavy atom. The van der Waals surface area contributed by atoms with Gasteiger partial charge in [0.25, 0.3) is 0 Å². The Hall–Kier alpha value is -1.88. The molecule has 0 aromatic heterocycles. The van der Waals surface area contributed by atoms with Gasteiger partial charge < -0.3 is 19.7 Å². The van der Waals surface area contributed by atoms with Crippen molar-refractivity contribution in [2.24, 2.45) is 0 Å². The first-order chi connectivity index (χ1) is 13.3. The van der Waals surface area contributed by atoms with Crippen LogP contribution in [0.1, 0.15) is 63.4 Å². The number of aryl methyl sites for hydroxylation is 1. The smallest absolute Gasteiger partial charge is 0.220 e. The van der Waals surface area contributed by atoms with Crippen molar-refractivity contribution in [3.05, 3.63) is 35.9 Å². The van der Waals surface area contributed by atoms with Crippen LogP contribution in [0.3, 0.4) is 0 Å². The van der Waals surface area contributed by atoms with E-state index in [-0.39, 0.29) is 18.4 Å². The SMILES string of the molecule is C[N+](C)(C)C[C@@H](CC(=O)[O-])NC(=O)CCCCCCCCCc1ccccc1. The number of unbranched alkanes of at least 4 members (excludes halogenated alkanes) is 6. The number of carbonyl (C=O) groups is 2. The van der Waals surface area contributed by atoms with E-state index in [1.807, 2.05) is 21.1 Å². The van der Waals surface area contributed by atoms with E-state index in [1.54, 1.807) is 0 Å². The largest absolute Gasteiger partial charge is 0.550 e. The standard InChI is InChI=1S/C23H38N2O3/c1-25(2,3)19-21(18-23(27)28)24-22(26)17-13-8-6-4-5-7-10-14-20-15-11-9-12-16-20/h9,11-12,15-16,21H,4-8,10,13-14,17-19H2,1-3H3,(H-,24,26,27,28)/t21-/m1/s1. The lowest BCUT2D eigenvalue weighted by Gasteiger charge is -2.30. The third kappa shape index (κ3) is 13.3. The highest BCUT2D eigenvalue weighted by Gasteiger charge is 2.20. The van der Waals surface area contributed by atoms with Gasteiger partial charge in [-0.05, 0) is 24.8 Å². The van der Waals surface area contributed by atoms with Crippen molar-refractivity contribution in [2.45, 2.75) is 70.3 Å². The molecule has 28 heavy (non-hydrogen) atoms. The number of carboxylic acid groups (broad SMARTS) is 1. The fraction of sp³-hybridized carbons (Fsp3) is 0.652. The van der Waals surface area contributed by atoms with Crippen LogP contribution in [-0.2, 0) is 16.0 Å². The minimum absolute atomic E-state index is 0.0532. The maximum atomic E-state index is 12.1. The molecule has 1 N–H and O–H groups in total. The molecule has 0 spiro atoms. The molecule has 1 amide bonds. The van der Waals surface area contributed by atoms with Crippen LogP contribution in [0.4, 0.5) is 0 Å². The number of quaternary nitrogens is 1. The fourth-order valence-electron chi connectivity index (χ4n) is 3.47. The Bertz CT molecular complexity index is 567. The minimum Gasteiger partial charge on any atom is -0.550 e. The van der Waals surface area contributed by atoms with Crippen LogP contribution < -0.4 is 10.4 Å². The lowest BCUT2D eigenvalue weighted by molar-refractivity contribution is -0.871. The van der Waals surface area contributed by atoms with E-state index < -0.39 is 5.97 Å². The summed E-state index contributed by atoms with van der Waals surface area (Å²) in [7, 11) is 5.94. The molecule has 0 fully saturated rings. The van der Waals surface area contributed by atoms with Gasteiger partial charge in [0.05, 0.1) is 33.7 Å². The van der Waals surface area contributed by atoms with Crippen molar-refractivity contribution in [1.29, 1.82) is 0 Å². The van der Waals surface area contributed by atoms with Gasteiger partial charge in [-0.3, -0.25) is 4.79 Å². The molecule has 0 aliphatic heterocycles. The van der Waals surface area contributed by atoms with E-state index in [9.17, 15) is 14.7 Å². The highest BCUT2D eigenvalue weighted by molar-refractivity contribution is 5.77. The number of carbonyl (C=O) groups excluding carboxylic acids is 2. The number of hydrogen-bond donors (Lipinski definition) is 1. The van der Waals surface area contributed by atoms with Crippen molar-refractivity contribution >= 4 is 11.9 Å². The first-order valence-electron chi connectivity index (χ1n) is 10.6. The summed E-state index contributed by atoms with van der Waals surface area (Å²) in [5.74, 6) is -1.17. The lowest BCUT2D eigenvalue weighted by Crippen LogP contribution is -2.50. The molecule has 0 unspecified atom stereocenters. The molecule has 5 heteroatoms. The van der Waals surface area contributed by atoms with Gasteiger partial charge in [-0.1, -0.05) is 62.4 Å². The van der Waals surface area contributed by atoms with Gasteiger partial charge in [0, 0.05) is 18.8 Å². The molecule has 1 atom stereocenters. The molecule has 0 saturated heterocycles. The summed E-state index contributed by atoms with van der Waals surface area (Å²) in [4.78, 5) is 23.0. The first-order valence-corrected chi connectivity index (χ1v) is 10.6. The number of carboxylic acids is 1. The fourth-order valence-corrected chi connectivity index (χ4v) is 3.47. The molecule has 1 aromatic rings. The van der Waals surface area contributed by atoms with Crippen LogP contribution in [0.2, 0.25) is 0 Å². The highest BCUT2D eigenvalue weighted by atomic mass is 16.4. The minimum atomic E-state index is -1.12. The number of benzene rings is 1. The number of amides is 1. The van der Waals surface area contributed by atoms with Gasteiger partial charge in [0.15, 0.2) is 0 Å². The van der Waals surface area contributed by atoms with Crippen LogP contribution in [0.5, 0.6) is 0 Å². The molecule has 0 radical (unpaired) electrons. The second-order valence-electron chi connectivity index (χ2n) is 8.77. The van der Waals surface area contributed by atoms with E-state index in [2.05, 4.69) is 35.6 Å². The van der Waals surface area contributed by atoms with Gasteiger partial charge in [0.1, 0.15) is 0 Å². The monoisotopic (exact) mass is 390 g/mol. The zero-order valence-electron chi connectivity index (χ0n) is 17.9. The Kier molecular flexibility index (Phi) is 11.5. The molecule has 5 nitrogen and oxygen atoms in total. The summed E-state index contributed by atoms with van der Waals surface area (Å²) in [6, 6.07) is 10.2. The zero-order valence-corrected chi connectivity index (χ0v) is 17.9. The van der Waals surface area contributed by atoms with Crippen LogP contribution in [0, 0.1) is 0 Å². The average molecular weight is 391 g/mol. The highest BCUT2D eigenvalue weighted by Crippen LogP contribution is 2.11. The molecular weight excluding hydrogens is 352 g/mol. The van der Waals surface area contributed by atoms with E-state index in [4.69, 9.17) is 0 Å². The van der Waals surface area contributed by atoms with Crippen LogP contribution in [0.25, 0.3) is 0 Å². The van der Waals surface area contributed by atoms with Crippen LogP contribution >= 0.6 is 0 Å². The van der Waals surface area contributed by atoms with E-state index in [0.29, 0.717) is 17.4 Å². The second-order valence-corrected chi connectivity index (χ2v) is 8.77. The van der Waals surface area contributed by atoms with Crippen molar-refractivity contribution in [2.75, 3.05) is 27.7 Å². The average Bonchev–Trinajstić information content (AvgIpc) is 2.59. The van der Waals surface area contributed by atoms with Gasteiger partial charge in [-0.2, -0.15) is 0 Å². The van der Waals surface area contributed by atoms with Crippen molar-refractivity contribution < 1.29 is 19.2 Å². The molecule has 0 saturated carbocycles. The third-order valence-corrected chi connectivity index (χ3v) is 4.76. The summed E-state index contributed by atoms with van der Waals surface area (Å²) < 4.78 is 0.600. The number of likely N-dealkylation sites (N-methyl/N-ethyl adjacent to an activating group) is 1. The predicted octanol–water partition coefficient (Wildman–Crippen LogP) is 2.68. The summed E-state index contributed by atoms with van der Waals surface area (Å²) in [5.41, 5.74) is 1.41. The molecule has 158 valence electrons. The normalized spacial score (nSPS) is 12.5. The number of nitrogens with zero attached hydrogens (tertiary/aromatic N) is 1. The van der Waals surface area contributed by atoms with Crippen LogP contribution in [0.15, 0.2) is 30.3 Å². The van der Waals surface area contributed by atoms with Gasteiger partial charge in [0.2, 0.25) is 5.91 Å². The third-order valence-electron chi connectivity index (χ3n) is 4.76. The predicted molar refractivity (Wildman–Crippen MR) is 112 cm³/mol. The van der Waals surface area contributed by atoms with Gasteiger partial charge in [-0.15, -0.1) is 0 Å². The quantitative estimate of drug-likeness (QED) is 0.370. The van der Waals surface area contributed by atoms with E-state index in [1.165, 1.54) is 31.2 Å². The maximum Gasteiger partial charge on any atom is 0.220 e. The molecule has 0 heterocycles. The molecule has 1 aromatic carbocycles. The first kappa shape index (κ1) is 24.2. The zero-order chi connectivity index (χ0) is 20.8. The van der Waals surface area contributed by atoms with E-state index >= 15 is 0 Å².